The molecule has 4 aromatic rings. The molecule has 0 fully saturated rings. The Balaban J connectivity index is 1.61. The molecule has 1 aromatic heterocycles. The third-order valence-electron chi connectivity index (χ3n) is 6.45. The molecule has 34 heavy (non-hydrogen) atoms. The third-order valence-corrected chi connectivity index (χ3v) is 7.96. The number of hydrogen-bond acceptors (Lipinski definition) is 4. The first-order valence-corrected chi connectivity index (χ1v) is 12.8. The van der Waals surface area contributed by atoms with E-state index in [2.05, 4.69) is 52.3 Å². The van der Waals surface area contributed by atoms with E-state index in [1.165, 1.54) is 28.0 Å². The van der Waals surface area contributed by atoms with Gasteiger partial charge in [-0.2, -0.15) is 0 Å². The van der Waals surface area contributed by atoms with Gasteiger partial charge in [0, 0.05) is 10.0 Å². The molecule has 0 bridgehead atoms. The molecule has 1 atom stereocenters. The molecular weight excluding hydrogens is 508 g/mol. The quantitative estimate of drug-likeness (QED) is 0.371. The standard InChI is InChI=1S/C28H21BrN2O2S/c1-33-21-7-4-5-17(15-21)16-24-27(32)31-26(19-9-12-20(29)13-10-19)23-14-11-18-6-2-3-8-22(18)25(23)30-28(31)34-24/h2-10,12-13,15-16,26H,11,14H2,1H3/b24-16-/t26-/m1/s1. The molecule has 3 aromatic carbocycles. The van der Waals surface area contributed by atoms with E-state index in [4.69, 9.17) is 9.73 Å². The summed E-state index contributed by atoms with van der Waals surface area (Å²) in [5, 5.41) is 0. The Morgan fingerprint density at radius 2 is 1.88 bits per heavy atom. The van der Waals surface area contributed by atoms with Gasteiger partial charge in [-0.1, -0.05) is 75.8 Å². The summed E-state index contributed by atoms with van der Waals surface area (Å²) < 4.78 is 8.93. The Morgan fingerprint density at radius 1 is 1.06 bits per heavy atom. The highest BCUT2D eigenvalue weighted by Crippen LogP contribution is 2.41. The molecule has 0 saturated carbocycles. The summed E-state index contributed by atoms with van der Waals surface area (Å²) in [5.74, 6) is 0.765. The lowest BCUT2D eigenvalue weighted by atomic mass is 9.83. The summed E-state index contributed by atoms with van der Waals surface area (Å²) in [7, 11) is 1.65. The predicted octanol–water partition coefficient (Wildman–Crippen LogP) is 5.09. The monoisotopic (exact) mass is 528 g/mol. The zero-order valence-corrected chi connectivity index (χ0v) is 20.9. The Labute approximate surface area is 209 Å². The van der Waals surface area contributed by atoms with Crippen LogP contribution in [0.1, 0.15) is 34.7 Å². The van der Waals surface area contributed by atoms with Gasteiger partial charge < -0.3 is 4.74 Å². The smallest absolute Gasteiger partial charge is 0.271 e. The fourth-order valence-corrected chi connectivity index (χ4v) is 6.12. The second-order valence-electron chi connectivity index (χ2n) is 8.44. The Morgan fingerprint density at radius 3 is 2.71 bits per heavy atom. The minimum absolute atomic E-state index is 0.00935. The predicted molar refractivity (Wildman–Crippen MR) is 140 cm³/mol. The van der Waals surface area contributed by atoms with Crippen molar-refractivity contribution in [1.29, 1.82) is 0 Å². The number of nitrogens with zero attached hydrogens (tertiary/aromatic N) is 2. The average Bonchev–Trinajstić information content (AvgIpc) is 3.18. The van der Waals surface area contributed by atoms with Gasteiger partial charge in [0.25, 0.3) is 5.56 Å². The summed E-state index contributed by atoms with van der Waals surface area (Å²) in [4.78, 5) is 19.6. The number of aryl methyl sites for hydroxylation is 1. The van der Waals surface area contributed by atoms with Gasteiger partial charge in [0.05, 0.1) is 23.4 Å². The van der Waals surface area contributed by atoms with Gasteiger partial charge in [-0.15, -0.1) is 0 Å². The number of fused-ring (bicyclic) bond motifs is 3. The molecule has 6 rings (SSSR count). The maximum atomic E-state index is 13.8. The van der Waals surface area contributed by atoms with Crippen molar-refractivity contribution in [2.75, 3.05) is 7.11 Å². The molecule has 1 aliphatic carbocycles. The third kappa shape index (κ3) is 3.58. The van der Waals surface area contributed by atoms with Gasteiger partial charge >= 0.3 is 0 Å². The molecule has 0 radical (unpaired) electrons. The molecule has 2 heterocycles. The van der Waals surface area contributed by atoms with E-state index < -0.39 is 0 Å². The molecule has 1 aliphatic heterocycles. The van der Waals surface area contributed by atoms with E-state index >= 15 is 0 Å². The summed E-state index contributed by atoms with van der Waals surface area (Å²) in [6.45, 7) is 0. The molecule has 4 nitrogen and oxygen atoms in total. The number of allylic oxidation sites excluding steroid dienone is 1. The first-order chi connectivity index (χ1) is 16.6. The normalized spacial score (nSPS) is 17.0. The van der Waals surface area contributed by atoms with Gasteiger partial charge in [0.1, 0.15) is 5.75 Å². The minimum Gasteiger partial charge on any atom is -0.497 e. The highest BCUT2D eigenvalue weighted by molar-refractivity contribution is 9.10. The maximum Gasteiger partial charge on any atom is 0.271 e. The lowest BCUT2D eigenvalue weighted by molar-refractivity contribution is 0.414. The largest absolute Gasteiger partial charge is 0.497 e. The van der Waals surface area contributed by atoms with Crippen LogP contribution in [0.3, 0.4) is 0 Å². The number of aromatic nitrogens is 1. The van der Waals surface area contributed by atoms with E-state index in [9.17, 15) is 4.79 Å². The van der Waals surface area contributed by atoms with Crippen LogP contribution in [0, 0.1) is 0 Å². The van der Waals surface area contributed by atoms with Gasteiger partial charge in [-0.3, -0.25) is 9.36 Å². The van der Waals surface area contributed by atoms with Crippen LogP contribution >= 0.6 is 27.3 Å². The van der Waals surface area contributed by atoms with Crippen LogP contribution in [0.15, 0.2) is 92.6 Å². The Bertz CT molecular complexity index is 1630. The Kier molecular flexibility index (Phi) is 5.35. The zero-order valence-electron chi connectivity index (χ0n) is 18.5. The molecular formula is C28H21BrN2O2S. The SMILES string of the molecule is COc1cccc(/C=c2\sc3n(c2=O)[C@H](c2ccc(Br)cc2)C2=C(N=3)c3ccccc3CC2)c1. The molecule has 168 valence electrons. The zero-order chi connectivity index (χ0) is 23.2. The number of methoxy groups -OCH3 is 1. The van der Waals surface area contributed by atoms with Gasteiger partial charge in [-0.25, -0.2) is 4.99 Å². The second kappa shape index (κ2) is 8.53. The molecule has 0 N–H and O–H groups in total. The Hall–Kier alpha value is -3.22. The fourth-order valence-electron chi connectivity index (χ4n) is 4.85. The van der Waals surface area contributed by atoms with Crippen molar-refractivity contribution in [2.24, 2.45) is 4.99 Å². The molecule has 0 saturated heterocycles. The highest BCUT2D eigenvalue weighted by atomic mass is 79.9. The number of thiazole rings is 1. The number of hydrogen-bond donors (Lipinski definition) is 0. The maximum absolute atomic E-state index is 13.8. The van der Waals surface area contributed by atoms with E-state index in [0.29, 0.717) is 4.53 Å². The molecule has 0 spiro atoms. The van der Waals surface area contributed by atoms with Crippen LogP contribution in [-0.4, -0.2) is 11.7 Å². The first-order valence-electron chi connectivity index (χ1n) is 11.1. The lowest BCUT2D eigenvalue weighted by Gasteiger charge is -2.30. The number of rotatable bonds is 3. The van der Waals surface area contributed by atoms with Gasteiger partial charge in [-0.05, 0) is 65.4 Å². The number of ether oxygens (including phenoxy) is 1. The summed E-state index contributed by atoms with van der Waals surface area (Å²) in [6, 6.07) is 24.3. The van der Waals surface area contributed by atoms with Crippen LogP contribution in [-0.2, 0) is 6.42 Å². The van der Waals surface area contributed by atoms with Crippen LogP contribution in [0.4, 0.5) is 0 Å². The first kappa shape index (κ1) is 21.3. The van der Waals surface area contributed by atoms with Crippen LogP contribution in [0.25, 0.3) is 11.8 Å². The van der Waals surface area contributed by atoms with Crippen molar-refractivity contribution in [1.82, 2.24) is 4.57 Å². The molecule has 2 aliphatic rings. The van der Waals surface area contributed by atoms with Crippen LogP contribution in [0.5, 0.6) is 5.75 Å². The van der Waals surface area contributed by atoms with Crippen molar-refractivity contribution in [3.63, 3.8) is 0 Å². The van der Waals surface area contributed by atoms with Crippen molar-refractivity contribution in [3.8, 4) is 5.75 Å². The summed E-state index contributed by atoms with van der Waals surface area (Å²) >= 11 is 4.99. The summed E-state index contributed by atoms with van der Waals surface area (Å²) in [5.41, 5.74) is 6.74. The summed E-state index contributed by atoms with van der Waals surface area (Å²) in [6.07, 6.45) is 3.77. The van der Waals surface area contributed by atoms with Crippen LogP contribution in [0.2, 0.25) is 0 Å². The van der Waals surface area contributed by atoms with E-state index in [-0.39, 0.29) is 11.6 Å². The van der Waals surface area contributed by atoms with Crippen molar-refractivity contribution in [2.45, 2.75) is 18.9 Å². The molecule has 0 amide bonds. The van der Waals surface area contributed by atoms with Crippen molar-refractivity contribution >= 4 is 39.0 Å². The van der Waals surface area contributed by atoms with E-state index in [0.717, 1.165) is 44.7 Å². The van der Waals surface area contributed by atoms with Crippen molar-refractivity contribution < 1.29 is 4.74 Å². The van der Waals surface area contributed by atoms with E-state index in [1.807, 2.05) is 47.0 Å². The van der Waals surface area contributed by atoms with Crippen LogP contribution < -0.4 is 19.6 Å². The molecule has 6 heteroatoms. The average molecular weight is 529 g/mol. The number of benzene rings is 3. The van der Waals surface area contributed by atoms with Gasteiger partial charge in [0.15, 0.2) is 4.80 Å². The van der Waals surface area contributed by atoms with Crippen molar-refractivity contribution in [3.05, 3.63) is 125 Å². The highest BCUT2D eigenvalue weighted by Gasteiger charge is 2.32. The van der Waals surface area contributed by atoms with E-state index in [1.54, 1.807) is 7.11 Å². The minimum atomic E-state index is -0.167. The molecule has 0 unspecified atom stereocenters. The second-order valence-corrected chi connectivity index (χ2v) is 10.4. The fraction of sp³-hybridized carbons (Fsp3) is 0.143. The number of halogens is 1. The topological polar surface area (TPSA) is 43.6 Å². The lowest BCUT2D eigenvalue weighted by Crippen LogP contribution is -2.38. The van der Waals surface area contributed by atoms with Gasteiger partial charge in [0.2, 0.25) is 0 Å².